The maximum atomic E-state index is 13.6. The molecule has 0 bridgehead atoms. The molecular formula is C18H20F3N3O3. The number of amides is 1. The zero-order chi connectivity index (χ0) is 20.4. The van der Waals surface area contributed by atoms with Crippen molar-refractivity contribution in [2.24, 2.45) is 5.92 Å². The molecule has 0 fully saturated rings. The number of carboxylic acids is 1. The zero-order valence-corrected chi connectivity index (χ0v) is 15.0. The number of benzene rings is 1. The van der Waals surface area contributed by atoms with Gasteiger partial charge in [0, 0.05) is 0 Å². The molecule has 1 atom stereocenters. The lowest BCUT2D eigenvalue weighted by Gasteiger charge is -2.17. The van der Waals surface area contributed by atoms with Crippen molar-refractivity contribution < 1.29 is 27.9 Å². The van der Waals surface area contributed by atoms with Gasteiger partial charge in [-0.3, -0.25) is 4.79 Å². The van der Waals surface area contributed by atoms with Gasteiger partial charge in [-0.05, 0) is 31.4 Å². The highest BCUT2D eigenvalue weighted by Gasteiger charge is 2.41. The summed E-state index contributed by atoms with van der Waals surface area (Å²) in [4.78, 5) is 23.7. The molecule has 0 saturated carbocycles. The van der Waals surface area contributed by atoms with Gasteiger partial charge in [-0.2, -0.15) is 18.3 Å². The Bertz CT molecular complexity index is 827. The van der Waals surface area contributed by atoms with Crippen molar-refractivity contribution in [3.8, 4) is 5.69 Å². The summed E-state index contributed by atoms with van der Waals surface area (Å²) in [6, 6.07) is 4.87. The number of nitrogens with one attached hydrogen (secondary N) is 1. The summed E-state index contributed by atoms with van der Waals surface area (Å²) in [5, 5.41) is 15.1. The van der Waals surface area contributed by atoms with Crippen molar-refractivity contribution in [2.75, 3.05) is 0 Å². The van der Waals surface area contributed by atoms with Crippen LogP contribution in [0, 0.1) is 12.8 Å². The number of hydrogen-bond donors (Lipinski definition) is 2. The van der Waals surface area contributed by atoms with Crippen molar-refractivity contribution in [3.63, 3.8) is 0 Å². The van der Waals surface area contributed by atoms with Crippen molar-refractivity contribution in [3.05, 3.63) is 47.3 Å². The van der Waals surface area contributed by atoms with Gasteiger partial charge in [-0.25, -0.2) is 9.48 Å². The summed E-state index contributed by atoms with van der Waals surface area (Å²) in [7, 11) is 0. The van der Waals surface area contributed by atoms with Crippen LogP contribution in [0.4, 0.5) is 13.2 Å². The molecule has 1 amide bonds. The Morgan fingerprint density at radius 3 is 2.30 bits per heavy atom. The highest BCUT2D eigenvalue weighted by atomic mass is 19.4. The third-order valence-corrected chi connectivity index (χ3v) is 3.87. The Labute approximate surface area is 154 Å². The van der Waals surface area contributed by atoms with Crippen LogP contribution < -0.4 is 5.32 Å². The average molecular weight is 383 g/mol. The molecule has 0 aliphatic heterocycles. The molecule has 1 heterocycles. The number of rotatable bonds is 6. The molecule has 6 nitrogen and oxygen atoms in total. The first kappa shape index (κ1) is 20.5. The lowest BCUT2D eigenvalue weighted by atomic mass is 10.0. The Kier molecular flexibility index (Phi) is 5.92. The monoisotopic (exact) mass is 383 g/mol. The molecule has 9 heteroatoms. The number of nitrogens with zero attached hydrogens (tertiary/aromatic N) is 2. The molecule has 0 radical (unpaired) electrons. The van der Waals surface area contributed by atoms with E-state index in [1.807, 2.05) is 0 Å². The van der Waals surface area contributed by atoms with E-state index in [4.69, 9.17) is 0 Å². The SMILES string of the molecule is Cc1ccc(-n2ncc(C(=O)N[C@H](CC(C)C)C(=O)O)c2C(F)(F)F)cc1. The first-order valence-electron chi connectivity index (χ1n) is 8.26. The number of alkyl halides is 3. The van der Waals surface area contributed by atoms with Gasteiger partial charge in [-0.1, -0.05) is 31.5 Å². The molecule has 2 rings (SSSR count). The maximum Gasteiger partial charge on any atom is 0.434 e. The van der Waals surface area contributed by atoms with Crippen LogP contribution in [-0.4, -0.2) is 32.8 Å². The standard InChI is InChI=1S/C18H20F3N3O3/c1-10(2)8-14(17(26)27)23-16(25)13-9-22-24(15(13)18(19,20)21)12-6-4-11(3)5-7-12/h4-7,9-10,14H,8H2,1-3H3,(H,23,25)(H,26,27)/t14-/m1/s1. The molecule has 0 saturated heterocycles. The number of aromatic nitrogens is 2. The van der Waals surface area contributed by atoms with Crippen LogP contribution in [0.5, 0.6) is 0 Å². The van der Waals surface area contributed by atoms with Crippen LogP contribution >= 0.6 is 0 Å². The van der Waals surface area contributed by atoms with E-state index in [-0.39, 0.29) is 18.0 Å². The first-order valence-corrected chi connectivity index (χ1v) is 8.26. The minimum atomic E-state index is -4.86. The Hall–Kier alpha value is -2.84. The van der Waals surface area contributed by atoms with Crippen molar-refractivity contribution in [1.29, 1.82) is 0 Å². The third-order valence-electron chi connectivity index (χ3n) is 3.87. The molecule has 1 aromatic carbocycles. The van der Waals surface area contributed by atoms with E-state index in [9.17, 15) is 27.9 Å². The molecule has 1 aromatic heterocycles. The number of carbonyl (C=O) groups excluding carboxylic acids is 1. The number of halogens is 3. The van der Waals surface area contributed by atoms with Gasteiger partial charge in [0.1, 0.15) is 6.04 Å². The number of aliphatic carboxylic acids is 1. The van der Waals surface area contributed by atoms with Crippen LogP contribution in [0.3, 0.4) is 0 Å². The van der Waals surface area contributed by atoms with E-state index in [1.54, 1.807) is 32.9 Å². The predicted octanol–water partition coefficient (Wildman–Crippen LogP) is 3.43. The smallest absolute Gasteiger partial charge is 0.434 e. The third kappa shape index (κ3) is 4.87. The molecule has 2 aromatic rings. The first-order chi connectivity index (χ1) is 12.5. The summed E-state index contributed by atoms with van der Waals surface area (Å²) in [5.41, 5.74) is -0.977. The number of hydrogen-bond acceptors (Lipinski definition) is 3. The fourth-order valence-electron chi connectivity index (χ4n) is 2.60. The average Bonchev–Trinajstić information content (AvgIpc) is 2.99. The largest absolute Gasteiger partial charge is 0.480 e. The summed E-state index contributed by atoms with van der Waals surface area (Å²) < 4.78 is 41.5. The van der Waals surface area contributed by atoms with Crippen molar-refractivity contribution >= 4 is 11.9 Å². The highest BCUT2D eigenvalue weighted by Crippen LogP contribution is 2.33. The molecule has 27 heavy (non-hydrogen) atoms. The van der Waals surface area contributed by atoms with Crippen LogP contribution in [0.1, 0.15) is 41.9 Å². The molecule has 2 N–H and O–H groups in total. The lowest BCUT2D eigenvalue weighted by molar-refractivity contribution is -0.143. The number of carboxylic acid groups (broad SMARTS) is 1. The molecule has 0 aliphatic carbocycles. The van der Waals surface area contributed by atoms with E-state index in [2.05, 4.69) is 10.4 Å². The minimum Gasteiger partial charge on any atom is -0.480 e. The van der Waals surface area contributed by atoms with E-state index < -0.39 is 35.4 Å². The van der Waals surface area contributed by atoms with Gasteiger partial charge >= 0.3 is 12.1 Å². The molecule has 0 spiro atoms. The number of carbonyl (C=O) groups is 2. The van der Waals surface area contributed by atoms with Crippen LogP contribution in [0.15, 0.2) is 30.5 Å². The van der Waals surface area contributed by atoms with Crippen LogP contribution in [-0.2, 0) is 11.0 Å². The predicted molar refractivity (Wildman–Crippen MR) is 91.6 cm³/mol. The van der Waals surface area contributed by atoms with Crippen LogP contribution in [0.2, 0.25) is 0 Å². The molecular weight excluding hydrogens is 363 g/mol. The molecule has 146 valence electrons. The van der Waals surface area contributed by atoms with E-state index in [0.29, 0.717) is 4.68 Å². The minimum absolute atomic E-state index is 0.0660. The van der Waals surface area contributed by atoms with Crippen LogP contribution in [0.25, 0.3) is 5.69 Å². The lowest BCUT2D eigenvalue weighted by Crippen LogP contribution is -2.42. The fraction of sp³-hybridized carbons (Fsp3) is 0.389. The van der Waals surface area contributed by atoms with E-state index in [0.717, 1.165) is 11.8 Å². The van der Waals surface area contributed by atoms with Gasteiger partial charge in [0.05, 0.1) is 17.4 Å². The van der Waals surface area contributed by atoms with Gasteiger partial charge in [0.25, 0.3) is 5.91 Å². The van der Waals surface area contributed by atoms with Gasteiger partial charge in [0.15, 0.2) is 5.69 Å². The van der Waals surface area contributed by atoms with E-state index >= 15 is 0 Å². The summed E-state index contributed by atoms with van der Waals surface area (Å²) >= 11 is 0. The zero-order valence-electron chi connectivity index (χ0n) is 15.0. The normalized spacial score (nSPS) is 12.9. The summed E-state index contributed by atoms with van der Waals surface area (Å²) in [6.07, 6.45) is -3.97. The van der Waals surface area contributed by atoms with Gasteiger partial charge < -0.3 is 10.4 Å². The maximum absolute atomic E-state index is 13.6. The Morgan fingerprint density at radius 1 is 1.22 bits per heavy atom. The van der Waals surface area contributed by atoms with Crippen molar-refractivity contribution in [1.82, 2.24) is 15.1 Å². The Balaban J connectivity index is 2.43. The highest BCUT2D eigenvalue weighted by molar-refractivity contribution is 5.97. The van der Waals surface area contributed by atoms with E-state index in [1.165, 1.54) is 12.1 Å². The second-order valence-corrected chi connectivity index (χ2v) is 6.65. The topological polar surface area (TPSA) is 84.2 Å². The summed E-state index contributed by atoms with van der Waals surface area (Å²) in [6.45, 7) is 5.29. The molecule has 0 unspecified atom stereocenters. The number of aryl methyl sites for hydroxylation is 1. The van der Waals surface area contributed by atoms with Crippen molar-refractivity contribution in [2.45, 2.75) is 39.4 Å². The van der Waals surface area contributed by atoms with Gasteiger partial charge in [0.2, 0.25) is 0 Å². The second-order valence-electron chi connectivity index (χ2n) is 6.65. The second kappa shape index (κ2) is 7.81. The fourth-order valence-corrected chi connectivity index (χ4v) is 2.60. The Morgan fingerprint density at radius 2 is 1.81 bits per heavy atom. The quantitative estimate of drug-likeness (QED) is 0.801. The van der Waals surface area contributed by atoms with Gasteiger partial charge in [-0.15, -0.1) is 0 Å². The summed E-state index contributed by atoms with van der Waals surface area (Å²) in [5.74, 6) is -2.51. The molecule has 0 aliphatic rings.